The highest BCUT2D eigenvalue weighted by molar-refractivity contribution is 8.00. The average Bonchev–Trinajstić information content (AvgIpc) is 2.81. The summed E-state index contributed by atoms with van der Waals surface area (Å²) in [4.78, 5) is -0.561. The predicted octanol–water partition coefficient (Wildman–Crippen LogP) is 5.72. The van der Waals surface area contributed by atoms with Crippen LogP contribution in [0.5, 0.6) is 0 Å². The first-order valence-corrected chi connectivity index (χ1v) is 7.99. The molecule has 0 spiro atoms. The Morgan fingerprint density at radius 3 is 2.08 bits per heavy atom. The monoisotopic (exact) mass is 434 g/mol. The number of nitriles is 1. The molecule has 13 heteroatoms. The number of alkyl halides is 6. The molecule has 4 nitrogen and oxygen atoms in total. The van der Waals surface area contributed by atoms with Crippen molar-refractivity contribution >= 4 is 40.8 Å². The Balaban J connectivity index is 2.72. The smallest absolute Gasteiger partial charge is 0.372 e. The minimum absolute atomic E-state index is 0.295. The molecule has 1 N–H and O–H groups in total. The van der Waals surface area contributed by atoms with Gasteiger partial charge in [0.1, 0.15) is 17.6 Å². The number of benzene rings is 1. The Bertz CT molecular complexity index is 861. The van der Waals surface area contributed by atoms with Gasteiger partial charge in [0.15, 0.2) is 5.69 Å². The van der Waals surface area contributed by atoms with Gasteiger partial charge in [-0.25, -0.2) is 4.68 Å². The molecule has 0 aliphatic carbocycles. The van der Waals surface area contributed by atoms with Crippen molar-refractivity contribution in [3.63, 3.8) is 0 Å². The Morgan fingerprint density at radius 1 is 1.15 bits per heavy atom. The maximum atomic E-state index is 12.8. The summed E-state index contributed by atoms with van der Waals surface area (Å²) in [5.41, 5.74) is -6.75. The van der Waals surface area contributed by atoms with Crippen molar-refractivity contribution in [3.8, 4) is 11.8 Å². The van der Waals surface area contributed by atoms with Gasteiger partial charge in [-0.15, -0.1) is 0 Å². The lowest BCUT2D eigenvalue weighted by Gasteiger charge is -2.14. The first-order valence-electron chi connectivity index (χ1n) is 6.42. The Hall–Kier alpha value is -1.77. The minimum Gasteiger partial charge on any atom is -0.372 e. The second-order valence-electron chi connectivity index (χ2n) is 4.63. The molecule has 0 radical (unpaired) electrons. The fourth-order valence-electron chi connectivity index (χ4n) is 2.00. The molecule has 0 atom stereocenters. The van der Waals surface area contributed by atoms with E-state index >= 15 is 0 Å². The molecule has 1 heterocycles. The molecule has 0 bridgehead atoms. The zero-order chi connectivity index (χ0) is 19.9. The van der Waals surface area contributed by atoms with Gasteiger partial charge in [-0.05, 0) is 23.9 Å². The van der Waals surface area contributed by atoms with E-state index in [0.717, 1.165) is 4.68 Å². The quantitative estimate of drug-likeness (QED) is 0.495. The summed E-state index contributed by atoms with van der Waals surface area (Å²) in [5.74, 6) is -0.299. The van der Waals surface area contributed by atoms with Crippen LogP contribution in [-0.4, -0.2) is 22.3 Å². The molecular weight excluding hydrogens is 429 g/mol. The first kappa shape index (κ1) is 20.5. The molecular formula is C13H6Cl2F6N4S. The van der Waals surface area contributed by atoms with Crippen LogP contribution >= 0.6 is 35.0 Å². The van der Waals surface area contributed by atoms with Crippen molar-refractivity contribution in [1.82, 2.24) is 9.78 Å². The van der Waals surface area contributed by atoms with E-state index in [9.17, 15) is 26.3 Å². The summed E-state index contributed by atoms with van der Waals surface area (Å²) >= 11 is 11.1. The third kappa shape index (κ3) is 4.13. The van der Waals surface area contributed by atoms with E-state index < -0.39 is 49.6 Å². The Labute approximate surface area is 156 Å². The number of rotatable bonds is 3. The van der Waals surface area contributed by atoms with Crippen LogP contribution in [0.4, 0.5) is 32.2 Å². The molecule has 0 aliphatic heterocycles. The molecule has 0 unspecified atom stereocenters. The predicted molar refractivity (Wildman–Crippen MR) is 84.8 cm³/mol. The summed E-state index contributed by atoms with van der Waals surface area (Å²) in [6, 6.07) is 2.62. The van der Waals surface area contributed by atoms with E-state index in [1.807, 2.05) is 0 Å². The third-order valence-electron chi connectivity index (χ3n) is 2.96. The molecule has 0 fully saturated rings. The van der Waals surface area contributed by atoms with Crippen molar-refractivity contribution in [2.45, 2.75) is 16.6 Å². The number of anilines is 1. The van der Waals surface area contributed by atoms with Crippen LogP contribution in [0.25, 0.3) is 5.69 Å². The number of halogens is 8. The molecule has 26 heavy (non-hydrogen) atoms. The number of thioether (sulfide) groups is 1. The second kappa shape index (κ2) is 7.09. The zero-order valence-electron chi connectivity index (χ0n) is 12.4. The standard InChI is InChI=1S/C13H6Cl2F6N4S/c1-23-11-10(26-13(19,20)21)8(4-22)24-25(11)9-6(14)2-5(3-7(9)15)12(16,17)18/h2-3,23H,1H3. The minimum atomic E-state index is -4.73. The number of nitrogens with one attached hydrogen (secondary N) is 1. The van der Waals surface area contributed by atoms with Crippen LogP contribution in [0.3, 0.4) is 0 Å². The van der Waals surface area contributed by atoms with E-state index in [2.05, 4.69) is 10.4 Å². The van der Waals surface area contributed by atoms with Gasteiger partial charge >= 0.3 is 11.7 Å². The number of hydrogen-bond acceptors (Lipinski definition) is 4. The molecule has 140 valence electrons. The highest BCUT2D eigenvalue weighted by Crippen LogP contribution is 2.45. The Morgan fingerprint density at radius 2 is 1.69 bits per heavy atom. The Kier molecular flexibility index (Phi) is 5.60. The molecule has 2 aromatic rings. The number of aromatic nitrogens is 2. The van der Waals surface area contributed by atoms with Gasteiger partial charge in [-0.2, -0.15) is 36.7 Å². The van der Waals surface area contributed by atoms with Crippen molar-refractivity contribution < 1.29 is 26.3 Å². The average molecular weight is 435 g/mol. The van der Waals surface area contributed by atoms with Gasteiger partial charge in [0.25, 0.3) is 0 Å². The molecule has 0 aliphatic rings. The van der Waals surface area contributed by atoms with Crippen LogP contribution in [0.1, 0.15) is 11.3 Å². The topological polar surface area (TPSA) is 53.6 Å². The highest BCUT2D eigenvalue weighted by atomic mass is 35.5. The SMILES string of the molecule is CNc1c(SC(F)(F)F)c(C#N)nn1-c1c(Cl)cc(C(F)(F)F)cc1Cl. The maximum Gasteiger partial charge on any atom is 0.446 e. The van der Waals surface area contributed by atoms with Crippen LogP contribution in [0.15, 0.2) is 17.0 Å². The van der Waals surface area contributed by atoms with Crippen LogP contribution in [0, 0.1) is 11.3 Å². The van der Waals surface area contributed by atoms with Gasteiger partial charge in [0, 0.05) is 7.05 Å². The van der Waals surface area contributed by atoms with Gasteiger partial charge in [-0.1, -0.05) is 23.2 Å². The summed E-state index contributed by atoms with van der Waals surface area (Å²) in [6.45, 7) is 0. The highest BCUT2D eigenvalue weighted by Gasteiger charge is 2.36. The summed E-state index contributed by atoms with van der Waals surface area (Å²) in [5, 5.41) is 14.1. The molecule has 0 saturated carbocycles. The molecule has 0 saturated heterocycles. The van der Waals surface area contributed by atoms with Crippen molar-refractivity contribution in [2.24, 2.45) is 0 Å². The van der Waals surface area contributed by atoms with Gasteiger partial charge in [0.05, 0.1) is 20.5 Å². The summed E-state index contributed by atoms with van der Waals surface area (Å²) in [6.07, 6.45) is -4.73. The maximum absolute atomic E-state index is 12.8. The van der Waals surface area contributed by atoms with E-state index in [-0.39, 0.29) is 11.5 Å². The molecule has 1 aromatic heterocycles. The lowest BCUT2D eigenvalue weighted by Crippen LogP contribution is -2.09. The molecule has 1 aromatic carbocycles. The second-order valence-corrected chi connectivity index (χ2v) is 6.52. The van der Waals surface area contributed by atoms with Crippen LogP contribution in [-0.2, 0) is 6.18 Å². The largest absolute Gasteiger partial charge is 0.446 e. The zero-order valence-corrected chi connectivity index (χ0v) is 14.8. The van der Waals surface area contributed by atoms with Gasteiger partial charge < -0.3 is 5.32 Å². The van der Waals surface area contributed by atoms with E-state index in [1.54, 1.807) is 0 Å². The van der Waals surface area contributed by atoms with Gasteiger partial charge in [0.2, 0.25) is 0 Å². The van der Waals surface area contributed by atoms with E-state index in [0.29, 0.717) is 12.1 Å². The molecule has 0 amide bonds. The van der Waals surface area contributed by atoms with E-state index in [1.165, 1.54) is 13.1 Å². The third-order valence-corrected chi connectivity index (χ3v) is 4.36. The normalized spacial score (nSPS) is 12.2. The number of nitrogens with zero attached hydrogens (tertiary/aromatic N) is 3. The lowest BCUT2D eigenvalue weighted by atomic mass is 10.2. The van der Waals surface area contributed by atoms with Crippen molar-refractivity contribution in [3.05, 3.63) is 33.4 Å². The summed E-state index contributed by atoms with van der Waals surface area (Å²) < 4.78 is 77.4. The van der Waals surface area contributed by atoms with Crippen LogP contribution in [0.2, 0.25) is 10.0 Å². The fourth-order valence-corrected chi connectivity index (χ4v) is 3.35. The first-order chi connectivity index (χ1) is 11.9. The molecule has 2 rings (SSSR count). The van der Waals surface area contributed by atoms with Crippen molar-refractivity contribution in [2.75, 3.05) is 12.4 Å². The van der Waals surface area contributed by atoms with Crippen LogP contribution < -0.4 is 5.32 Å². The van der Waals surface area contributed by atoms with E-state index in [4.69, 9.17) is 28.5 Å². The summed E-state index contributed by atoms with van der Waals surface area (Å²) in [7, 11) is 1.25. The fraction of sp³-hybridized carbons (Fsp3) is 0.231. The van der Waals surface area contributed by atoms with Crippen molar-refractivity contribution in [1.29, 1.82) is 5.26 Å². The lowest BCUT2D eigenvalue weighted by molar-refractivity contribution is -0.137. The van der Waals surface area contributed by atoms with Gasteiger partial charge in [-0.3, -0.25) is 0 Å². The number of hydrogen-bond donors (Lipinski definition) is 1.